The van der Waals surface area contributed by atoms with Gasteiger partial charge in [-0.25, -0.2) is 0 Å². The number of anilines is 1. The van der Waals surface area contributed by atoms with E-state index in [-0.39, 0.29) is 18.0 Å². The molecule has 0 aliphatic carbocycles. The molecule has 7 nitrogen and oxygen atoms in total. The SMILES string of the molecule is CCC(C)c1ccc(OCC(=O)Nc2cc([N+](=O)[O-])ccc2OC)c(Br)c1. The lowest BCUT2D eigenvalue weighted by Crippen LogP contribution is -2.20. The Balaban J connectivity index is 2.04. The van der Waals surface area contributed by atoms with E-state index in [1.807, 2.05) is 18.2 Å². The van der Waals surface area contributed by atoms with Crippen molar-refractivity contribution in [1.82, 2.24) is 0 Å². The summed E-state index contributed by atoms with van der Waals surface area (Å²) in [5.41, 5.74) is 1.25. The van der Waals surface area contributed by atoms with Crippen LogP contribution in [0.4, 0.5) is 11.4 Å². The number of nitro groups is 1. The first-order valence-corrected chi connectivity index (χ1v) is 9.19. The van der Waals surface area contributed by atoms with E-state index < -0.39 is 10.8 Å². The Morgan fingerprint density at radius 2 is 1.96 bits per heavy atom. The number of non-ortho nitro benzene ring substituents is 1. The molecule has 0 aliphatic rings. The highest BCUT2D eigenvalue weighted by Crippen LogP contribution is 2.31. The van der Waals surface area contributed by atoms with Gasteiger partial charge >= 0.3 is 0 Å². The van der Waals surface area contributed by atoms with Crippen LogP contribution in [0.5, 0.6) is 11.5 Å². The van der Waals surface area contributed by atoms with Gasteiger partial charge in [0.05, 0.1) is 22.2 Å². The number of nitro benzene ring substituents is 1. The van der Waals surface area contributed by atoms with E-state index in [9.17, 15) is 14.9 Å². The maximum absolute atomic E-state index is 12.2. The normalized spacial score (nSPS) is 11.6. The topological polar surface area (TPSA) is 90.7 Å². The molecular weight excluding hydrogens is 416 g/mol. The van der Waals surface area contributed by atoms with Crippen LogP contribution in [0.2, 0.25) is 0 Å². The van der Waals surface area contributed by atoms with Crippen LogP contribution in [-0.4, -0.2) is 24.5 Å². The van der Waals surface area contributed by atoms with Crippen LogP contribution in [0.3, 0.4) is 0 Å². The number of carbonyl (C=O) groups excluding carboxylic acids is 1. The molecule has 8 heteroatoms. The van der Waals surface area contributed by atoms with Gasteiger partial charge in [-0.05, 0) is 52.0 Å². The van der Waals surface area contributed by atoms with Crippen molar-refractivity contribution in [1.29, 1.82) is 0 Å². The number of amides is 1. The van der Waals surface area contributed by atoms with Crippen LogP contribution in [0, 0.1) is 10.1 Å². The number of nitrogens with one attached hydrogen (secondary N) is 1. The quantitative estimate of drug-likeness (QED) is 0.469. The average molecular weight is 437 g/mol. The summed E-state index contributed by atoms with van der Waals surface area (Å²) in [4.78, 5) is 22.6. The van der Waals surface area contributed by atoms with Crippen molar-refractivity contribution in [3.05, 3.63) is 56.5 Å². The summed E-state index contributed by atoms with van der Waals surface area (Å²) < 4.78 is 11.4. The molecule has 1 unspecified atom stereocenters. The predicted molar refractivity (Wildman–Crippen MR) is 107 cm³/mol. The van der Waals surface area contributed by atoms with Crippen LogP contribution in [0.25, 0.3) is 0 Å². The van der Waals surface area contributed by atoms with E-state index >= 15 is 0 Å². The maximum atomic E-state index is 12.2. The predicted octanol–water partition coefficient (Wildman–Crippen LogP) is 4.90. The molecule has 1 atom stereocenters. The van der Waals surface area contributed by atoms with Gasteiger partial charge in [0.2, 0.25) is 0 Å². The number of benzene rings is 2. The third-order valence-electron chi connectivity index (χ3n) is 4.16. The minimum absolute atomic E-state index is 0.143. The Kier molecular flexibility index (Phi) is 7.18. The second-order valence-corrected chi connectivity index (χ2v) is 6.83. The van der Waals surface area contributed by atoms with Gasteiger partial charge in [0.15, 0.2) is 6.61 Å². The molecule has 0 saturated heterocycles. The molecule has 27 heavy (non-hydrogen) atoms. The van der Waals surface area contributed by atoms with Crippen molar-refractivity contribution in [3.8, 4) is 11.5 Å². The molecule has 0 aliphatic heterocycles. The Labute approximate surface area is 166 Å². The first kappa shape index (κ1) is 20.7. The van der Waals surface area contributed by atoms with Crippen LogP contribution >= 0.6 is 15.9 Å². The van der Waals surface area contributed by atoms with Crippen molar-refractivity contribution in [2.75, 3.05) is 19.0 Å². The molecule has 0 radical (unpaired) electrons. The Morgan fingerprint density at radius 1 is 1.26 bits per heavy atom. The Morgan fingerprint density at radius 3 is 2.56 bits per heavy atom. The maximum Gasteiger partial charge on any atom is 0.271 e. The molecule has 2 rings (SSSR count). The monoisotopic (exact) mass is 436 g/mol. The number of ether oxygens (including phenoxy) is 2. The van der Waals surface area contributed by atoms with Crippen LogP contribution < -0.4 is 14.8 Å². The summed E-state index contributed by atoms with van der Waals surface area (Å²) in [6.45, 7) is 4.02. The fraction of sp³-hybridized carbons (Fsp3) is 0.316. The summed E-state index contributed by atoms with van der Waals surface area (Å²) >= 11 is 3.46. The fourth-order valence-electron chi connectivity index (χ4n) is 2.41. The second-order valence-electron chi connectivity index (χ2n) is 5.98. The van der Waals surface area contributed by atoms with Crippen molar-refractivity contribution in [3.63, 3.8) is 0 Å². The second kappa shape index (κ2) is 9.36. The zero-order valence-electron chi connectivity index (χ0n) is 15.3. The third-order valence-corrected chi connectivity index (χ3v) is 4.78. The van der Waals surface area contributed by atoms with Gasteiger partial charge < -0.3 is 14.8 Å². The largest absolute Gasteiger partial charge is 0.495 e. The average Bonchev–Trinajstić information content (AvgIpc) is 2.66. The van der Waals surface area contributed by atoms with Gasteiger partial charge in [-0.3, -0.25) is 14.9 Å². The number of halogens is 1. The van der Waals surface area contributed by atoms with Crippen molar-refractivity contribution < 1.29 is 19.2 Å². The minimum Gasteiger partial charge on any atom is -0.495 e. The lowest BCUT2D eigenvalue weighted by atomic mass is 9.99. The number of nitrogens with zero attached hydrogens (tertiary/aromatic N) is 1. The fourth-order valence-corrected chi connectivity index (χ4v) is 2.92. The van der Waals surface area contributed by atoms with E-state index in [1.54, 1.807) is 0 Å². The number of methoxy groups -OCH3 is 1. The van der Waals surface area contributed by atoms with E-state index in [1.165, 1.54) is 30.9 Å². The van der Waals surface area contributed by atoms with Crippen molar-refractivity contribution in [2.45, 2.75) is 26.2 Å². The van der Waals surface area contributed by atoms with Crippen LogP contribution in [-0.2, 0) is 4.79 Å². The molecule has 144 valence electrons. The number of rotatable bonds is 8. The van der Waals surface area contributed by atoms with Crippen molar-refractivity contribution in [2.24, 2.45) is 0 Å². The highest BCUT2D eigenvalue weighted by molar-refractivity contribution is 9.10. The van der Waals surface area contributed by atoms with E-state index in [4.69, 9.17) is 9.47 Å². The van der Waals surface area contributed by atoms with E-state index in [0.717, 1.165) is 10.9 Å². The number of hydrogen-bond donors (Lipinski definition) is 1. The lowest BCUT2D eigenvalue weighted by Gasteiger charge is -2.13. The molecule has 2 aromatic rings. The molecule has 1 amide bonds. The van der Waals surface area contributed by atoms with Gasteiger partial charge in [0.1, 0.15) is 11.5 Å². The molecule has 0 fully saturated rings. The summed E-state index contributed by atoms with van der Waals surface area (Å²) in [7, 11) is 1.42. The van der Waals surface area contributed by atoms with Crippen LogP contribution in [0.15, 0.2) is 40.9 Å². The Bertz CT molecular complexity index is 841. The summed E-state index contributed by atoms with van der Waals surface area (Å²) in [6, 6.07) is 9.74. The van der Waals surface area contributed by atoms with Gasteiger partial charge in [-0.1, -0.05) is 19.9 Å². The van der Waals surface area contributed by atoms with Crippen molar-refractivity contribution >= 4 is 33.2 Å². The number of hydrogen-bond acceptors (Lipinski definition) is 5. The summed E-state index contributed by atoms with van der Waals surface area (Å²) in [6.07, 6.45) is 1.03. The van der Waals surface area contributed by atoms with Gasteiger partial charge in [0, 0.05) is 12.1 Å². The molecule has 2 aromatic carbocycles. The molecule has 0 heterocycles. The molecule has 0 saturated carbocycles. The highest BCUT2D eigenvalue weighted by Gasteiger charge is 2.15. The molecule has 1 N–H and O–H groups in total. The zero-order chi connectivity index (χ0) is 20.0. The highest BCUT2D eigenvalue weighted by atomic mass is 79.9. The van der Waals surface area contributed by atoms with Gasteiger partial charge in [-0.15, -0.1) is 0 Å². The van der Waals surface area contributed by atoms with Gasteiger partial charge in [0.25, 0.3) is 11.6 Å². The minimum atomic E-state index is -0.540. The molecule has 0 spiro atoms. The van der Waals surface area contributed by atoms with E-state index in [2.05, 4.69) is 35.1 Å². The number of carbonyl (C=O) groups is 1. The Hall–Kier alpha value is -2.61. The molecular formula is C19H21BrN2O5. The molecule has 0 bridgehead atoms. The summed E-state index contributed by atoms with van der Waals surface area (Å²) in [5, 5.41) is 13.5. The van der Waals surface area contributed by atoms with Gasteiger partial charge in [-0.2, -0.15) is 0 Å². The zero-order valence-corrected chi connectivity index (χ0v) is 16.9. The smallest absolute Gasteiger partial charge is 0.271 e. The first-order chi connectivity index (χ1) is 12.8. The first-order valence-electron chi connectivity index (χ1n) is 8.40. The summed E-state index contributed by atoms with van der Waals surface area (Å²) in [5.74, 6) is 0.850. The lowest BCUT2D eigenvalue weighted by molar-refractivity contribution is -0.384. The third kappa shape index (κ3) is 5.43. The van der Waals surface area contributed by atoms with Crippen LogP contribution in [0.1, 0.15) is 31.7 Å². The molecule has 0 aromatic heterocycles. The van der Waals surface area contributed by atoms with E-state index in [0.29, 0.717) is 17.4 Å². The standard InChI is InChI=1S/C19H21BrN2O5/c1-4-12(2)13-5-7-17(15(20)9-13)27-11-19(23)21-16-10-14(22(24)25)6-8-18(16)26-3/h5-10,12H,4,11H2,1-3H3,(H,21,23).